The second-order valence-electron chi connectivity index (χ2n) is 5.01. The smallest absolute Gasteiger partial charge is 0.225 e. The molecule has 0 aliphatic carbocycles. The first kappa shape index (κ1) is 15.0. The number of benzene rings is 1. The van der Waals surface area contributed by atoms with Gasteiger partial charge in [0.2, 0.25) is 5.88 Å². The van der Waals surface area contributed by atoms with E-state index in [9.17, 15) is 5.11 Å². The third-order valence-electron chi connectivity index (χ3n) is 3.05. The van der Waals surface area contributed by atoms with Gasteiger partial charge >= 0.3 is 0 Å². The standard InChI is InChI=1S/C16H18BrNO2/c1-10(2)14-9-12(17)6-7-15(14)20-16-13(11(3)19)5-4-8-18-16/h4-11,19H,1-3H3/t11-/m0/s1. The van der Waals surface area contributed by atoms with Crippen molar-refractivity contribution >= 4 is 15.9 Å². The summed E-state index contributed by atoms with van der Waals surface area (Å²) >= 11 is 3.48. The fraction of sp³-hybridized carbons (Fsp3) is 0.312. The van der Waals surface area contributed by atoms with Crippen LogP contribution in [-0.4, -0.2) is 10.1 Å². The Balaban J connectivity index is 2.40. The van der Waals surface area contributed by atoms with E-state index in [1.807, 2.05) is 24.3 Å². The van der Waals surface area contributed by atoms with Crippen LogP contribution in [0.2, 0.25) is 0 Å². The highest BCUT2D eigenvalue weighted by Gasteiger charge is 2.14. The van der Waals surface area contributed by atoms with Crippen molar-refractivity contribution in [3.63, 3.8) is 0 Å². The van der Waals surface area contributed by atoms with Crippen LogP contribution in [0.15, 0.2) is 41.0 Å². The summed E-state index contributed by atoms with van der Waals surface area (Å²) in [5.74, 6) is 1.55. The molecule has 0 saturated carbocycles. The Labute approximate surface area is 127 Å². The van der Waals surface area contributed by atoms with Gasteiger partial charge in [0.15, 0.2) is 0 Å². The van der Waals surface area contributed by atoms with E-state index < -0.39 is 6.10 Å². The average Bonchev–Trinajstić information content (AvgIpc) is 2.41. The second kappa shape index (κ2) is 6.37. The number of aliphatic hydroxyl groups excluding tert-OH is 1. The Bertz CT molecular complexity index is 597. The minimum atomic E-state index is -0.614. The van der Waals surface area contributed by atoms with Gasteiger partial charge in [0.25, 0.3) is 0 Å². The number of nitrogens with zero attached hydrogens (tertiary/aromatic N) is 1. The Morgan fingerprint density at radius 2 is 1.90 bits per heavy atom. The summed E-state index contributed by atoms with van der Waals surface area (Å²) in [6.45, 7) is 5.93. The van der Waals surface area contributed by atoms with Gasteiger partial charge in [0.1, 0.15) is 5.75 Å². The molecule has 0 unspecified atom stereocenters. The Morgan fingerprint density at radius 3 is 2.55 bits per heavy atom. The average molecular weight is 336 g/mol. The summed E-state index contributed by atoms with van der Waals surface area (Å²) in [5.41, 5.74) is 1.78. The lowest BCUT2D eigenvalue weighted by molar-refractivity contribution is 0.194. The number of halogens is 1. The topological polar surface area (TPSA) is 42.4 Å². The van der Waals surface area contributed by atoms with Crippen LogP contribution in [0.1, 0.15) is 43.9 Å². The molecule has 0 radical (unpaired) electrons. The maximum absolute atomic E-state index is 9.78. The van der Waals surface area contributed by atoms with Crippen LogP contribution in [0.4, 0.5) is 0 Å². The largest absolute Gasteiger partial charge is 0.438 e. The molecular formula is C16H18BrNO2. The maximum Gasteiger partial charge on any atom is 0.225 e. The lowest BCUT2D eigenvalue weighted by atomic mass is 10.0. The number of aliphatic hydroxyl groups is 1. The fourth-order valence-corrected chi connectivity index (χ4v) is 2.35. The first-order chi connectivity index (χ1) is 9.49. The predicted octanol–water partition coefficient (Wildman–Crippen LogP) is 4.81. The molecule has 2 rings (SSSR count). The van der Waals surface area contributed by atoms with Gasteiger partial charge in [-0.1, -0.05) is 29.8 Å². The molecule has 1 N–H and O–H groups in total. The summed E-state index contributed by atoms with van der Waals surface area (Å²) in [7, 11) is 0. The number of pyridine rings is 1. The van der Waals surface area contributed by atoms with Crippen LogP contribution in [0.25, 0.3) is 0 Å². The van der Waals surface area contributed by atoms with E-state index in [4.69, 9.17) is 4.74 Å². The maximum atomic E-state index is 9.78. The highest BCUT2D eigenvalue weighted by molar-refractivity contribution is 9.10. The van der Waals surface area contributed by atoms with E-state index in [1.165, 1.54) is 0 Å². The van der Waals surface area contributed by atoms with Crippen molar-refractivity contribution < 1.29 is 9.84 Å². The van der Waals surface area contributed by atoms with Crippen LogP contribution in [-0.2, 0) is 0 Å². The van der Waals surface area contributed by atoms with Crippen molar-refractivity contribution in [2.45, 2.75) is 32.8 Å². The highest BCUT2D eigenvalue weighted by Crippen LogP contribution is 2.34. The lowest BCUT2D eigenvalue weighted by Crippen LogP contribution is -2.00. The first-order valence-electron chi connectivity index (χ1n) is 6.59. The zero-order valence-electron chi connectivity index (χ0n) is 11.8. The quantitative estimate of drug-likeness (QED) is 0.871. The molecule has 1 atom stereocenters. The van der Waals surface area contributed by atoms with Gasteiger partial charge in [-0.3, -0.25) is 0 Å². The molecule has 1 aromatic heterocycles. The molecule has 106 valence electrons. The third kappa shape index (κ3) is 3.38. The molecule has 0 fully saturated rings. The Morgan fingerprint density at radius 1 is 1.15 bits per heavy atom. The van der Waals surface area contributed by atoms with Gasteiger partial charge in [0, 0.05) is 16.2 Å². The van der Waals surface area contributed by atoms with Crippen molar-refractivity contribution in [3.8, 4) is 11.6 Å². The van der Waals surface area contributed by atoms with Crippen LogP contribution in [0.3, 0.4) is 0 Å². The molecule has 0 amide bonds. The van der Waals surface area contributed by atoms with E-state index >= 15 is 0 Å². The summed E-state index contributed by atoms with van der Waals surface area (Å²) in [6, 6.07) is 9.51. The number of hydrogen-bond acceptors (Lipinski definition) is 3. The van der Waals surface area contributed by atoms with Gasteiger partial charge in [-0.05, 0) is 48.7 Å². The van der Waals surface area contributed by atoms with Crippen molar-refractivity contribution in [3.05, 3.63) is 52.1 Å². The zero-order valence-corrected chi connectivity index (χ0v) is 13.4. The van der Waals surface area contributed by atoms with Crippen molar-refractivity contribution in [2.75, 3.05) is 0 Å². The highest BCUT2D eigenvalue weighted by atomic mass is 79.9. The van der Waals surface area contributed by atoms with Crippen molar-refractivity contribution in [1.82, 2.24) is 4.98 Å². The van der Waals surface area contributed by atoms with E-state index in [2.05, 4.69) is 34.8 Å². The van der Waals surface area contributed by atoms with Crippen molar-refractivity contribution in [2.24, 2.45) is 0 Å². The number of hydrogen-bond donors (Lipinski definition) is 1. The fourth-order valence-electron chi connectivity index (χ4n) is 1.97. The van der Waals surface area contributed by atoms with Crippen LogP contribution >= 0.6 is 15.9 Å². The lowest BCUT2D eigenvalue weighted by Gasteiger charge is -2.16. The molecule has 0 spiro atoms. The molecule has 20 heavy (non-hydrogen) atoms. The minimum Gasteiger partial charge on any atom is -0.438 e. The van der Waals surface area contributed by atoms with Crippen LogP contribution in [0, 0.1) is 0 Å². The van der Waals surface area contributed by atoms with Gasteiger partial charge in [-0.15, -0.1) is 0 Å². The van der Waals surface area contributed by atoms with E-state index in [1.54, 1.807) is 19.2 Å². The molecule has 0 aliphatic heterocycles. The van der Waals surface area contributed by atoms with Crippen molar-refractivity contribution in [1.29, 1.82) is 0 Å². The molecule has 2 aromatic rings. The van der Waals surface area contributed by atoms with Crippen LogP contribution < -0.4 is 4.74 Å². The molecule has 4 heteroatoms. The molecule has 3 nitrogen and oxygen atoms in total. The van der Waals surface area contributed by atoms with E-state index in [0.717, 1.165) is 15.8 Å². The Kier molecular flexibility index (Phi) is 4.78. The normalized spacial score (nSPS) is 12.5. The van der Waals surface area contributed by atoms with Gasteiger partial charge in [0.05, 0.1) is 6.10 Å². The third-order valence-corrected chi connectivity index (χ3v) is 3.54. The van der Waals surface area contributed by atoms with E-state index in [0.29, 0.717) is 17.4 Å². The molecule has 1 aromatic carbocycles. The molecule has 1 heterocycles. The van der Waals surface area contributed by atoms with Gasteiger partial charge in [-0.2, -0.15) is 0 Å². The minimum absolute atomic E-state index is 0.334. The summed E-state index contributed by atoms with van der Waals surface area (Å²) in [4.78, 5) is 4.22. The monoisotopic (exact) mass is 335 g/mol. The van der Waals surface area contributed by atoms with Crippen LogP contribution in [0.5, 0.6) is 11.6 Å². The predicted molar refractivity (Wildman–Crippen MR) is 83.2 cm³/mol. The number of rotatable bonds is 4. The van der Waals surface area contributed by atoms with Gasteiger partial charge < -0.3 is 9.84 Å². The summed E-state index contributed by atoms with van der Waals surface area (Å²) in [5, 5.41) is 9.78. The SMILES string of the molecule is CC(C)c1cc(Br)ccc1Oc1ncccc1[C@H](C)O. The van der Waals surface area contributed by atoms with Gasteiger partial charge in [-0.25, -0.2) is 4.98 Å². The first-order valence-corrected chi connectivity index (χ1v) is 7.38. The molecule has 0 saturated heterocycles. The molecule has 0 bridgehead atoms. The molecular weight excluding hydrogens is 318 g/mol. The molecule has 0 aliphatic rings. The summed E-state index contributed by atoms with van der Waals surface area (Å²) < 4.78 is 6.95. The zero-order chi connectivity index (χ0) is 14.7. The second-order valence-corrected chi connectivity index (χ2v) is 5.93. The Hall–Kier alpha value is -1.39. The number of ether oxygens (including phenoxy) is 1. The van der Waals surface area contributed by atoms with E-state index in [-0.39, 0.29) is 0 Å². The number of aromatic nitrogens is 1. The summed E-state index contributed by atoms with van der Waals surface area (Å²) in [6.07, 6.45) is 1.05.